The van der Waals surface area contributed by atoms with Crippen LogP contribution in [0.15, 0.2) is 35.6 Å². The molecule has 0 radical (unpaired) electrons. The van der Waals surface area contributed by atoms with Gasteiger partial charge in [-0.3, -0.25) is 0 Å². The minimum atomic E-state index is -3.79. The molecule has 2 saturated heterocycles. The van der Waals surface area contributed by atoms with E-state index < -0.39 is 15.7 Å². The summed E-state index contributed by atoms with van der Waals surface area (Å²) < 4.78 is 53.7. The first-order valence-corrected chi connectivity index (χ1v) is 14.6. The summed E-state index contributed by atoms with van der Waals surface area (Å²) >= 11 is 5.71. The minimum Gasteiger partial charge on any atom is -0.376 e. The van der Waals surface area contributed by atoms with Crippen molar-refractivity contribution >= 4 is 27.2 Å². The molecule has 0 saturated carbocycles. The van der Waals surface area contributed by atoms with Gasteiger partial charge in [0.1, 0.15) is 5.82 Å². The lowest BCUT2D eigenvalue weighted by Gasteiger charge is -2.30. The summed E-state index contributed by atoms with van der Waals surface area (Å²) in [6, 6.07) is 5.66. The van der Waals surface area contributed by atoms with E-state index in [1.54, 1.807) is 10.8 Å². The Hall–Kier alpha value is -2.08. The van der Waals surface area contributed by atoms with E-state index in [9.17, 15) is 12.8 Å². The van der Waals surface area contributed by atoms with Crippen LogP contribution in [0.1, 0.15) is 50.8 Å². The van der Waals surface area contributed by atoms with Crippen molar-refractivity contribution in [3.8, 4) is 0 Å². The molecule has 3 heterocycles. The van der Waals surface area contributed by atoms with E-state index >= 15 is 0 Å². The molecule has 4 rings (SSSR count). The molecule has 36 heavy (non-hydrogen) atoms. The first-order valence-electron chi connectivity index (χ1n) is 12.5. The molecule has 1 aromatic carbocycles. The van der Waals surface area contributed by atoms with Crippen molar-refractivity contribution in [3.05, 3.63) is 47.5 Å². The first-order chi connectivity index (χ1) is 17.2. The van der Waals surface area contributed by atoms with E-state index in [1.165, 1.54) is 24.3 Å². The maximum atomic E-state index is 13.4. The number of hydrogen-bond acceptors (Lipinski definition) is 6. The fraction of sp³-hybridized carbons (Fsp3) is 0.600. The normalized spacial score (nSPS) is 20.2. The smallest absolute Gasteiger partial charge is 0.228 e. The molecule has 0 spiro atoms. The van der Waals surface area contributed by atoms with Crippen LogP contribution in [0.25, 0.3) is 0 Å². The molecule has 2 aromatic rings. The lowest BCUT2D eigenvalue weighted by molar-refractivity contribution is 0.0861. The molecule has 0 aliphatic carbocycles. The van der Waals surface area contributed by atoms with Crippen LogP contribution in [0.5, 0.6) is 0 Å². The molecular formula is C25H35FN4O4S2. The molecule has 2 aliphatic rings. The van der Waals surface area contributed by atoms with Gasteiger partial charge in [-0.2, -0.15) is 0 Å². The van der Waals surface area contributed by atoms with Gasteiger partial charge in [-0.25, -0.2) is 17.8 Å². The van der Waals surface area contributed by atoms with Gasteiger partial charge < -0.3 is 24.3 Å². The molecule has 8 nitrogen and oxygen atoms in total. The van der Waals surface area contributed by atoms with E-state index in [0.29, 0.717) is 36.9 Å². The third-order valence-electron chi connectivity index (χ3n) is 6.36. The fourth-order valence-corrected chi connectivity index (χ4v) is 6.48. The van der Waals surface area contributed by atoms with Crippen LogP contribution in [-0.4, -0.2) is 66.0 Å². The molecule has 0 unspecified atom stereocenters. The second kappa shape index (κ2) is 12.0. The lowest BCUT2D eigenvalue weighted by atomic mass is 10.2. The maximum absolute atomic E-state index is 13.4. The summed E-state index contributed by atoms with van der Waals surface area (Å²) in [5, 5.41) is 3.90. The molecule has 2 atom stereocenters. The van der Waals surface area contributed by atoms with Gasteiger partial charge in [0, 0.05) is 25.8 Å². The van der Waals surface area contributed by atoms with E-state index in [0.717, 1.165) is 38.0 Å². The Morgan fingerprint density at radius 3 is 2.47 bits per heavy atom. The highest BCUT2D eigenvalue weighted by atomic mass is 32.2. The molecule has 11 heteroatoms. The second-order valence-electron chi connectivity index (χ2n) is 9.78. The third kappa shape index (κ3) is 7.02. The first kappa shape index (κ1) is 27.0. The number of hydrogen-bond donors (Lipinski definition) is 1. The van der Waals surface area contributed by atoms with Gasteiger partial charge in [-0.05, 0) is 69.4 Å². The predicted octanol–water partition coefficient (Wildman–Crippen LogP) is 3.44. The van der Waals surface area contributed by atoms with Crippen LogP contribution < -0.4 is 5.32 Å². The van der Waals surface area contributed by atoms with Gasteiger partial charge in [0.25, 0.3) is 0 Å². The number of nitrogens with one attached hydrogen (secondary N) is 1. The zero-order chi connectivity index (χ0) is 25.7. The molecule has 2 aliphatic heterocycles. The van der Waals surface area contributed by atoms with Crippen molar-refractivity contribution in [2.24, 2.45) is 0 Å². The van der Waals surface area contributed by atoms with Crippen molar-refractivity contribution in [2.75, 3.05) is 19.8 Å². The quantitative estimate of drug-likeness (QED) is 0.461. The SMILES string of the molecule is CC(C)NC(=S)N(Cc1cnc(S(=O)(=O)Cc2ccc(F)cc2)n1C[C@@H]1CCCO1)C[C@H]1CCCO1. The van der Waals surface area contributed by atoms with Gasteiger partial charge in [-0.15, -0.1) is 0 Å². The summed E-state index contributed by atoms with van der Waals surface area (Å²) in [5.74, 6) is -0.669. The Labute approximate surface area is 218 Å². The van der Waals surface area contributed by atoms with Crippen molar-refractivity contribution in [1.29, 1.82) is 0 Å². The number of sulfone groups is 1. The number of nitrogens with zero attached hydrogens (tertiary/aromatic N) is 3. The van der Waals surface area contributed by atoms with Gasteiger partial charge in [0.2, 0.25) is 15.0 Å². The number of rotatable bonds is 10. The van der Waals surface area contributed by atoms with Gasteiger partial charge in [-0.1, -0.05) is 12.1 Å². The lowest BCUT2D eigenvalue weighted by Crippen LogP contribution is -2.45. The molecule has 0 amide bonds. The number of benzene rings is 1. The Kier molecular flexibility index (Phi) is 8.97. The number of thiocarbonyl (C=S) groups is 1. The Balaban J connectivity index is 1.62. The molecule has 198 valence electrons. The summed E-state index contributed by atoms with van der Waals surface area (Å²) in [5.41, 5.74) is 1.25. The maximum Gasteiger partial charge on any atom is 0.228 e. The van der Waals surface area contributed by atoms with Crippen LogP contribution in [-0.2, 0) is 38.2 Å². The molecule has 1 aromatic heterocycles. The summed E-state index contributed by atoms with van der Waals surface area (Å²) in [7, 11) is -3.79. The highest BCUT2D eigenvalue weighted by Crippen LogP contribution is 2.23. The highest BCUT2D eigenvalue weighted by molar-refractivity contribution is 7.90. The van der Waals surface area contributed by atoms with Crippen molar-refractivity contribution in [3.63, 3.8) is 0 Å². The third-order valence-corrected chi connectivity index (χ3v) is 8.33. The van der Waals surface area contributed by atoms with Crippen LogP contribution in [0.4, 0.5) is 4.39 Å². The summed E-state index contributed by atoms with van der Waals surface area (Å²) in [6.07, 6.45) is 5.41. The fourth-order valence-electron chi connectivity index (χ4n) is 4.61. The van der Waals surface area contributed by atoms with Crippen LogP contribution >= 0.6 is 12.2 Å². The zero-order valence-electron chi connectivity index (χ0n) is 20.9. The van der Waals surface area contributed by atoms with Crippen molar-refractivity contribution < 1.29 is 22.3 Å². The van der Waals surface area contributed by atoms with E-state index in [4.69, 9.17) is 21.7 Å². The Bertz CT molecular complexity index is 1130. The Morgan fingerprint density at radius 2 is 1.86 bits per heavy atom. The van der Waals surface area contributed by atoms with Crippen LogP contribution in [0, 0.1) is 5.82 Å². The highest BCUT2D eigenvalue weighted by Gasteiger charge is 2.29. The standard InChI is InChI=1S/C25H35FN4O4S2/c1-18(2)28-24(35)29(15-22-5-3-11-33-22)14-21-13-27-25(30(21)16-23-6-4-12-34-23)36(31,32)17-19-7-9-20(26)10-8-19/h7-10,13,18,22-23H,3-6,11-12,14-17H2,1-2H3,(H,28,35)/t22-,23+/m1/s1. The monoisotopic (exact) mass is 538 g/mol. The van der Waals surface area contributed by atoms with Gasteiger partial charge in [0.15, 0.2) is 5.11 Å². The molecule has 1 N–H and O–H groups in total. The summed E-state index contributed by atoms with van der Waals surface area (Å²) in [6.45, 7) is 6.86. The minimum absolute atomic E-state index is 0.00266. The van der Waals surface area contributed by atoms with E-state index in [1.807, 2.05) is 18.7 Å². The van der Waals surface area contributed by atoms with Gasteiger partial charge >= 0.3 is 0 Å². The largest absolute Gasteiger partial charge is 0.376 e. The predicted molar refractivity (Wildman–Crippen MR) is 139 cm³/mol. The molecular weight excluding hydrogens is 503 g/mol. The van der Waals surface area contributed by atoms with Crippen molar-refractivity contribution in [1.82, 2.24) is 19.8 Å². The summed E-state index contributed by atoms with van der Waals surface area (Å²) in [4.78, 5) is 6.40. The van der Waals surface area contributed by atoms with Crippen molar-refractivity contribution in [2.45, 2.75) is 81.8 Å². The average Bonchev–Trinajstić information content (AvgIpc) is 3.58. The number of ether oxygens (including phenoxy) is 2. The van der Waals surface area contributed by atoms with E-state index in [2.05, 4.69) is 10.3 Å². The Morgan fingerprint density at radius 1 is 1.19 bits per heavy atom. The number of aromatic nitrogens is 2. The zero-order valence-corrected chi connectivity index (χ0v) is 22.5. The topological polar surface area (TPSA) is 85.7 Å². The molecule has 2 fully saturated rings. The molecule has 0 bridgehead atoms. The number of imidazole rings is 1. The van der Waals surface area contributed by atoms with Crippen LogP contribution in [0.2, 0.25) is 0 Å². The van der Waals surface area contributed by atoms with Crippen LogP contribution in [0.3, 0.4) is 0 Å². The van der Waals surface area contributed by atoms with E-state index in [-0.39, 0.29) is 29.2 Å². The number of halogens is 1. The van der Waals surface area contributed by atoms with Gasteiger partial charge in [0.05, 0.1) is 42.9 Å². The second-order valence-corrected chi connectivity index (χ2v) is 12.1. The average molecular weight is 539 g/mol.